The van der Waals surface area contributed by atoms with Crippen molar-refractivity contribution in [2.75, 3.05) is 12.3 Å². The van der Waals surface area contributed by atoms with Gasteiger partial charge in [0.2, 0.25) is 0 Å². The van der Waals surface area contributed by atoms with Crippen molar-refractivity contribution < 1.29 is 58.4 Å². The van der Waals surface area contributed by atoms with E-state index >= 15 is 0 Å². The second-order valence-electron chi connectivity index (χ2n) is 6.10. The van der Waals surface area contributed by atoms with Crippen LogP contribution in [-0.2, 0) is 23.4 Å². The number of hydrogen-bond acceptors (Lipinski definition) is 14. The maximum Gasteiger partial charge on any atom is 2.00 e. The maximum atomic E-state index is 12.2. The van der Waals surface area contributed by atoms with E-state index in [0.29, 0.717) is 0 Å². The molecule has 19 heteroatoms. The summed E-state index contributed by atoms with van der Waals surface area (Å²) >= 11 is 0. The third kappa shape index (κ3) is 8.65. The van der Waals surface area contributed by atoms with Crippen LogP contribution < -0.4 is 31.1 Å². The van der Waals surface area contributed by atoms with E-state index < -0.39 is 80.8 Å². The summed E-state index contributed by atoms with van der Waals surface area (Å²) in [5, 5.41) is 43.3. The Morgan fingerprint density at radius 1 is 1.28 bits per heavy atom. The molecule has 16 nitrogen and oxygen atoms in total. The van der Waals surface area contributed by atoms with Crippen LogP contribution in [-0.4, -0.2) is 166 Å². The van der Waals surface area contributed by atoms with Crippen LogP contribution in [0.25, 0.3) is 0 Å². The third-order valence-electron chi connectivity index (χ3n) is 4.02. The monoisotopic (exact) mass is 726 g/mol. The normalized spacial score (nSPS) is 23.5. The molecule has 1 aliphatic rings. The molecular formula is C13H15Ba2N4O12P. The topological polar surface area (TPSA) is 275 Å². The summed E-state index contributed by atoms with van der Waals surface area (Å²) in [4.78, 5) is 58.4. The van der Waals surface area contributed by atoms with Crippen LogP contribution in [0.3, 0.4) is 0 Å². The minimum absolute atomic E-state index is 0. The Morgan fingerprint density at radius 2 is 1.88 bits per heavy atom. The minimum Gasteiger partial charge on any atom is -0.790 e. The van der Waals surface area contributed by atoms with Gasteiger partial charge in [0, 0.05) is 12.4 Å². The summed E-state index contributed by atoms with van der Waals surface area (Å²) < 4.78 is 20.6. The molecule has 1 unspecified atom stereocenters. The fourth-order valence-corrected chi connectivity index (χ4v) is 2.93. The molecule has 1 amide bonds. The van der Waals surface area contributed by atoms with Crippen molar-refractivity contribution in [3.05, 3.63) is 12.0 Å². The number of imidazole rings is 1. The minimum atomic E-state index is -5.38. The molecule has 32 heavy (non-hydrogen) atoms. The van der Waals surface area contributed by atoms with E-state index in [1.807, 2.05) is 5.32 Å². The molecule has 5 atom stereocenters. The number of nitrogens with one attached hydrogen (secondary N) is 1. The van der Waals surface area contributed by atoms with Crippen molar-refractivity contribution in [2.45, 2.75) is 37.0 Å². The molecule has 2 heterocycles. The number of aliphatic hydroxyl groups is 2. The molecular weight excluding hydrogens is 710 g/mol. The van der Waals surface area contributed by atoms with Crippen LogP contribution in [0.15, 0.2) is 6.33 Å². The van der Waals surface area contributed by atoms with Gasteiger partial charge >= 0.3 is 97.8 Å². The fourth-order valence-electron chi connectivity index (χ4n) is 2.60. The van der Waals surface area contributed by atoms with E-state index in [4.69, 9.17) is 10.5 Å². The number of nitrogen functional groups attached to an aromatic ring is 1. The molecule has 1 aromatic heterocycles. The number of phosphoric acid groups is 1. The number of phosphoric ester groups is 1. The largest absolute Gasteiger partial charge is 2.00 e. The Labute approximate surface area is 260 Å². The van der Waals surface area contributed by atoms with Gasteiger partial charge in [-0.25, -0.2) is 4.98 Å². The molecule has 0 bridgehead atoms. The zero-order chi connectivity index (χ0) is 22.8. The molecule has 0 saturated carbocycles. The summed E-state index contributed by atoms with van der Waals surface area (Å²) in [7, 11) is -5.38. The van der Waals surface area contributed by atoms with E-state index in [1.54, 1.807) is 0 Å². The Morgan fingerprint density at radius 3 is 2.38 bits per heavy atom. The van der Waals surface area contributed by atoms with Crippen LogP contribution in [0.4, 0.5) is 5.82 Å². The third-order valence-corrected chi connectivity index (χ3v) is 4.48. The van der Waals surface area contributed by atoms with Crippen molar-refractivity contribution in [2.24, 2.45) is 0 Å². The number of nitrogens with two attached hydrogens (primary N) is 1. The predicted molar refractivity (Wildman–Crippen MR) is 93.5 cm³/mol. The van der Waals surface area contributed by atoms with Crippen molar-refractivity contribution >= 4 is 129 Å². The van der Waals surface area contributed by atoms with Gasteiger partial charge in [-0.15, -0.1) is 0 Å². The van der Waals surface area contributed by atoms with E-state index in [9.17, 15) is 49.2 Å². The summed E-state index contributed by atoms with van der Waals surface area (Å²) in [6.45, 7) is -0.905. The number of nitrogens with zero attached hydrogens (tertiary/aromatic N) is 2. The molecule has 0 aliphatic carbocycles. The zero-order valence-corrected chi connectivity index (χ0v) is 26.0. The first-order chi connectivity index (χ1) is 13.8. The number of aromatic nitrogens is 2. The van der Waals surface area contributed by atoms with Crippen molar-refractivity contribution in [3.8, 4) is 0 Å². The second kappa shape index (κ2) is 13.6. The Bertz CT molecular complexity index is 879. The maximum absolute atomic E-state index is 12.2. The summed E-state index contributed by atoms with van der Waals surface area (Å²) in [6.07, 6.45) is -6.56. The number of ether oxygens (including phenoxy) is 1. The smallest absolute Gasteiger partial charge is 0.790 e. The molecule has 0 aromatic carbocycles. The van der Waals surface area contributed by atoms with Gasteiger partial charge < -0.3 is 64.7 Å². The molecule has 0 spiro atoms. The quantitative estimate of drug-likeness (QED) is 0.136. The number of aliphatic carboxylic acids is 2. The molecule has 5 N–H and O–H groups in total. The fraction of sp³-hybridized carbons (Fsp3) is 0.538. The van der Waals surface area contributed by atoms with Gasteiger partial charge in [0.15, 0.2) is 11.9 Å². The Hall–Kier alpha value is 0.553. The van der Waals surface area contributed by atoms with Crippen LogP contribution in [0.1, 0.15) is 23.1 Å². The first-order valence-electron chi connectivity index (χ1n) is 8.04. The van der Waals surface area contributed by atoms with E-state index in [-0.39, 0.29) is 97.8 Å². The standard InChI is InChI=1S/C13H19N4O12P.2Ba/c14-10-7(11(22)16-4(13(23)24)1-6(18)19)15-3-17(10)12-9(21)8(20)5(29-12)2-28-30(25,26)27;;/h3-5,8-9,12,20-21H,1-2,14H2,(H,16,22)(H,18,19)(H,23,24)(H2,25,26,27);;/q;2*+2/p-4/t4-,5+,8-,9?,12+;;/m0../s1. The number of aliphatic hydroxyl groups excluding tert-OH is 2. The average molecular weight is 725 g/mol. The van der Waals surface area contributed by atoms with E-state index in [0.717, 1.165) is 10.9 Å². The van der Waals surface area contributed by atoms with Crippen molar-refractivity contribution in [1.29, 1.82) is 0 Å². The van der Waals surface area contributed by atoms with Crippen molar-refractivity contribution in [1.82, 2.24) is 14.9 Å². The number of rotatable bonds is 9. The number of carboxylic acids is 2. The van der Waals surface area contributed by atoms with Gasteiger partial charge in [0.25, 0.3) is 5.91 Å². The molecule has 168 valence electrons. The summed E-state index contributed by atoms with van der Waals surface area (Å²) in [6, 6.07) is -1.95. The molecule has 1 aromatic rings. The van der Waals surface area contributed by atoms with Crippen LogP contribution in [0.2, 0.25) is 0 Å². The molecule has 1 fully saturated rings. The second-order valence-corrected chi connectivity index (χ2v) is 7.25. The van der Waals surface area contributed by atoms with Crippen LogP contribution in [0, 0.1) is 0 Å². The molecule has 1 saturated heterocycles. The first-order valence-corrected chi connectivity index (χ1v) is 9.50. The Balaban J connectivity index is 0.00000480. The molecule has 2 rings (SSSR count). The number of carbonyl (C=O) groups excluding carboxylic acids is 3. The average Bonchev–Trinajstić information content (AvgIpc) is 3.12. The van der Waals surface area contributed by atoms with Gasteiger partial charge in [-0.1, -0.05) is 0 Å². The van der Waals surface area contributed by atoms with Crippen LogP contribution in [0.5, 0.6) is 0 Å². The summed E-state index contributed by atoms with van der Waals surface area (Å²) in [5.41, 5.74) is 5.16. The predicted octanol–water partition coefficient (Wildman–Crippen LogP) is -7.84. The molecule has 1 aliphatic heterocycles. The first kappa shape index (κ1) is 32.6. The summed E-state index contributed by atoms with van der Waals surface area (Å²) in [5.74, 6) is -5.35. The zero-order valence-electron chi connectivity index (χ0n) is 16.2. The van der Waals surface area contributed by atoms with Gasteiger partial charge in [0.05, 0.1) is 32.8 Å². The van der Waals surface area contributed by atoms with Crippen LogP contribution >= 0.6 is 7.82 Å². The SMILES string of the molecule is Nc1c(C(=O)N[C@@H](CC(=O)[O-])C(=O)[O-])ncn1[C@@H]1O[C@H](COP(=O)([O-])[O-])[C@H](O)C1O.[Ba+2].[Ba+2]. The number of carboxylic acid groups (broad SMARTS) is 2. The number of carbonyl (C=O) groups is 3. The van der Waals surface area contributed by atoms with Gasteiger partial charge in [0.1, 0.15) is 24.1 Å². The number of anilines is 1. The van der Waals surface area contributed by atoms with E-state index in [1.165, 1.54) is 0 Å². The van der Waals surface area contributed by atoms with Gasteiger partial charge in [-0.3, -0.25) is 9.36 Å². The number of hydrogen-bond donors (Lipinski definition) is 4. The molecule has 0 radical (unpaired) electrons. The number of amides is 1. The van der Waals surface area contributed by atoms with E-state index in [2.05, 4.69) is 9.51 Å². The van der Waals surface area contributed by atoms with Crippen molar-refractivity contribution in [3.63, 3.8) is 0 Å². The Kier molecular flexibility index (Phi) is 13.8. The van der Waals surface area contributed by atoms with Gasteiger partial charge in [-0.2, -0.15) is 0 Å². The van der Waals surface area contributed by atoms with Gasteiger partial charge in [-0.05, 0) is 0 Å².